The number of guanidine groups is 1. The second-order valence-corrected chi connectivity index (χ2v) is 2.69. The Morgan fingerprint density at radius 1 is 1.38 bits per heavy atom. The first-order valence-corrected chi connectivity index (χ1v) is 4.07. The maximum absolute atomic E-state index is 11.9. The number of aliphatic imine (C=N–C) groups is 1. The van der Waals surface area contributed by atoms with Gasteiger partial charge in [-0.25, -0.2) is 10.8 Å². The molecule has 0 saturated heterocycles. The Bertz CT molecular complexity index is 391. The van der Waals surface area contributed by atoms with Crippen molar-refractivity contribution < 1.29 is 17.9 Å². The Labute approximate surface area is 88.9 Å². The maximum Gasteiger partial charge on any atom is 0.573 e. The number of halogens is 3. The third kappa shape index (κ3) is 4.05. The quantitative estimate of drug-likeness (QED) is 0.308. The van der Waals surface area contributed by atoms with E-state index in [1.807, 2.05) is 5.43 Å². The predicted octanol–water partition coefficient (Wildman–Crippen LogP) is 0.995. The van der Waals surface area contributed by atoms with Crippen molar-refractivity contribution >= 4 is 11.6 Å². The van der Waals surface area contributed by atoms with E-state index in [1.165, 1.54) is 12.1 Å². The van der Waals surface area contributed by atoms with Gasteiger partial charge < -0.3 is 10.5 Å². The third-order valence-corrected chi connectivity index (χ3v) is 1.45. The van der Waals surface area contributed by atoms with E-state index in [0.717, 1.165) is 12.1 Å². The molecule has 0 aliphatic rings. The number of hydrazine groups is 1. The van der Waals surface area contributed by atoms with Gasteiger partial charge in [0.2, 0.25) is 5.96 Å². The minimum Gasteiger partial charge on any atom is -0.406 e. The van der Waals surface area contributed by atoms with Crippen LogP contribution in [-0.4, -0.2) is 12.3 Å². The SMILES string of the molecule is NNC(N)=Nc1cccc(OC(F)(F)F)c1. The van der Waals surface area contributed by atoms with Crippen LogP contribution >= 0.6 is 0 Å². The standard InChI is InChI=1S/C8H9F3N4O/c9-8(10,11)16-6-3-1-2-5(4-6)14-7(12)15-13/h1-4H,13H2,(H3,12,14,15). The number of alkyl halides is 3. The molecule has 16 heavy (non-hydrogen) atoms. The second kappa shape index (κ2) is 4.71. The topological polar surface area (TPSA) is 85.7 Å². The molecule has 0 fully saturated rings. The van der Waals surface area contributed by atoms with Crippen LogP contribution in [0.2, 0.25) is 0 Å². The summed E-state index contributed by atoms with van der Waals surface area (Å²) in [5.74, 6) is 4.45. The van der Waals surface area contributed by atoms with Gasteiger partial charge in [0.1, 0.15) is 5.75 Å². The molecule has 1 aromatic carbocycles. The predicted molar refractivity (Wildman–Crippen MR) is 51.7 cm³/mol. The van der Waals surface area contributed by atoms with E-state index in [1.54, 1.807) is 0 Å². The van der Waals surface area contributed by atoms with Crippen LogP contribution in [0.1, 0.15) is 0 Å². The Kier molecular flexibility index (Phi) is 3.56. The molecule has 5 N–H and O–H groups in total. The summed E-state index contributed by atoms with van der Waals surface area (Å²) in [7, 11) is 0. The first kappa shape index (κ1) is 12.1. The fourth-order valence-corrected chi connectivity index (χ4v) is 0.922. The van der Waals surface area contributed by atoms with Crippen molar-refractivity contribution in [3.05, 3.63) is 24.3 Å². The lowest BCUT2D eigenvalue weighted by atomic mass is 10.3. The van der Waals surface area contributed by atoms with Crippen LogP contribution in [-0.2, 0) is 0 Å². The highest BCUT2D eigenvalue weighted by Gasteiger charge is 2.31. The van der Waals surface area contributed by atoms with E-state index in [-0.39, 0.29) is 17.4 Å². The van der Waals surface area contributed by atoms with E-state index in [0.29, 0.717) is 0 Å². The van der Waals surface area contributed by atoms with Crippen LogP contribution in [0.5, 0.6) is 5.75 Å². The fraction of sp³-hybridized carbons (Fsp3) is 0.125. The molecule has 0 atom stereocenters. The molecule has 1 aromatic rings. The van der Waals surface area contributed by atoms with Crippen LogP contribution < -0.4 is 21.7 Å². The summed E-state index contributed by atoms with van der Waals surface area (Å²) in [6.07, 6.45) is -4.74. The van der Waals surface area contributed by atoms with E-state index in [4.69, 9.17) is 11.6 Å². The van der Waals surface area contributed by atoms with Gasteiger partial charge in [-0.05, 0) is 12.1 Å². The molecule has 0 aromatic heterocycles. The molecule has 0 aliphatic heterocycles. The zero-order valence-electron chi connectivity index (χ0n) is 7.95. The van der Waals surface area contributed by atoms with Gasteiger partial charge in [0.05, 0.1) is 5.69 Å². The summed E-state index contributed by atoms with van der Waals surface area (Å²) < 4.78 is 39.4. The first-order chi connectivity index (χ1) is 7.40. The van der Waals surface area contributed by atoms with Gasteiger partial charge in [0, 0.05) is 6.07 Å². The highest BCUT2D eigenvalue weighted by atomic mass is 19.4. The Morgan fingerprint density at radius 3 is 2.62 bits per heavy atom. The molecular formula is C8H9F3N4O. The molecular weight excluding hydrogens is 225 g/mol. The van der Waals surface area contributed by atoms with E-state index in [9.17, 15) is 13.2 Å². The van der Waals surface area contributed by atoms with Gasteiger partial charge in [0.25, 0.3) is 0 Å². The lowest BCUT2D eigenvalue weighted by Gasteiger charge is -2.08. The Morgan fingerprint density at radius 2 is 2.06 bits per heavy atom. The van der Waals surface area contributed by atoms with Crippen LogP contribution in [0, 0.1) is 0 Å². The summed E-state index contributed by atoms with van der Waals surface area (Å²) in [4.78, 5) is 3.68. The van der Waals surface area contributed by atoms with Crippen LogP contribution in [0.3, 0.4) is 0 Å². The van der Waals surface area contributed by atoms with Gasteiger partial charge in [-0.15, -0.1) is 13.2 Å². The van der Waals surface area contributed by atoms with Gasteiger partial charge >= 0.3 is 6.36 Å². The maximum atomic E-state index is 11.9. The van der Waals surface area contributed by atoms with Crippen molar-refractivity contribution in [2.45, 2.75) is 6.36 Å². The van der Waals surface area contributed by atoms with E-state index < -0.39 is 6.36 Å². The monoisotopic (exact) mass is 234 g/mol. The van der Waals surface area contributed by atoms with Crippen molar-refractivity contribution in [1.29, 1.82) is 0 Å². The number of hydrogen-bond donors (Lipinski definition) is 3. The first-order valence-electron chi connectivity index (χ1n) is 4.07. The number of nitrogens with two attached hydrogens (primary N) is 2. The number of nitrogens with zero attached hydrogens (tertiary/aromatic N) is 1. The lowest BCUT2D eigenvalue weighted by Crippen LogP contribution is -2.36. The molecule has 0 radical (unpaired) electrons. The molecule has 88 valence electrons. The van der Waals surface area contributed by atoms with Crippen LogP contribution in [0.25, 0.3) is 0 Å². The van der Waals surface area contributed by atoms with Crippen molar-refractivity contribution in [2.24, 2.45) is 16.6 Å². The summed E-state index contributed by atoms with van der Waals surface area (Å²) >= 11 is 0. The minimum atomic E-state index is -4.74. The molecule has 0 saturated carbocycles. The van der Waals surface area contributed by atoms with Crippen molar-refractivity contribution in [2.75, 3.05) is 0 Å². The molecule has 8 heteroatoms. The smallest absolute Gasteiger partial charge is 0.406 e. The second-order valence-electron chi connectivity index (χ2n) is 2.69. The molecule has 0 heterocycles. The highest BCUT2D eigenvalue weighted by molar-refractivity contribution is 5.80. The number of rotatable bonds is 2. The Hall–Kier alpha value is -1.96. The summed E-state index contributed by atoms with van der Waals surface area (Å²) in [5, 5.41) is 0. The van der Waals surface area contributed by atoms with Gasteiger partial charge in [-0.2, -0.15) is 0 Å². The fourth-order valence-electron chi connectivity index (χ4n) is 0.922. The average molecular weight is 234 g/mol. The number of nitrogens with one attached hydrogen (secondary N) is 1. The van der Waals surface area contributed by atoms with Crippen LogP contribution in [0.4, 0.5) is 18.9 Å². The number of benzene rings is 1. The zero-order chi connectivity index (χ0) is 12.2. The molecule has 5 nitrogen and oxygen atoms in total. The molecule has 0 aliphatic carbocycles. The third-order valence-electron chi connectivity index (χ3n) is 1.45. The highest BCUT2D eigenvalue weighted by Crippen LogP contribution is 2.25. The number of hydrogen-bond acceptors (Lipinski definition) is 3. The van der Waals surface area contributed by atoms with Crippen molar-refractivity contribution in [3.63, 3.8) is 0 Å². The average Bonchev–Trinajstić information content (AvgIpc) is 2.15. The molecule has 0 spiro atoms. The van der Waals surface area contributed by atoms with E-state index >= 15 is 0 Å². The Balaban J connectivity index is 2.87. The lowest BCUT2D eigenvalue weighted by molar-refractivity contribution is -0.274. The number of ether oxygens (including phenoxy) is 1. The van der Waals surface area contributed by atoms with Crippen LogP contribution in [0.15, 0.2) is 29.3 Å². The van der Waals surface area contributed by atoms with E-state index in [2.05, 4.69) is 9.73 Å². The molecule has 0 unspecified atom stereocenters. The summed E-state index contributed by atoms with van der Waals surface area (Å²) in [5.41, 5.74) is 7.47. The van der Waals surface area contributed by atoms with Gasteiger partial charge in [-0.3, -0.25) is 5.43 Å². The van der Waals surface area contributed by atoms with Gasteiger partial charge in [0.15, 0.2) is 0 Å². The zero-order valence-corrected chi connectivity index (χ0v) is 7.95. The summed E-state index contributed by atoms with van der Waals surface area (Å²) in [6.45, 7) is 0. The molecule has 1 rings (SSSR count). The largest absolute Gasteiger partial charge is 0.573 e. The molecule has 0 bridgehead atoms. The van der Waals surface area contributed by atoms with Crippen molar-refractivity contribution in [1.82, 2.24) is 5.43 Å². The van der Waals surface area contributed by atoms with Crippen molar-refractivity contribution in [3.8, 4) is 5.75 Å². The molecule has 0 amide bonds. The normalized spacial score (nSPS) is 12.4. The summed E-state index contributed by atoms with van der Waals surface area (Å²) in [6, 6.07) is 5.04. The minimum absolute atomic E-state index is 0.121. The van der Waals surface area contributed by atoms with Gasteiger partial charge in [-0.1, -0.05) is 6.07 Å².